The predicted octanol–water partition coefficient (Wildman–Crippen LogP) is 2.91. The summed E-state index contributed by atoms with van der Waals surface area (Å²) in [6, 6.07) is 10.3. The number of hydrogen-bond donors (Lipinski definition) is 1. The molecule has 1 aliphatic heterocycles. The lowest BCUT2D eigenvalue weighted by atomic mass is 10.1. The van der Waals surface area contributed by atoms with Crippen molar-refractivity contribution in [3.8, 4) is 0 Å². The van der Waals surface area contributed by atoms with Gasteiger partial charge in [0.05, 0.1) is 12.2 Å². The summed E-state index contributed by atoms with van der Waals surface area (Å²) in [4.78, 5) is 14.1. The van der Waals surface area contributed by atoms with Crippen molar-refractivity contribution in [2.75, 3.05) is 11.9 Å². The van der Waals surface area contributed by atoms with Crippen LogP contribution < -0.4 is 5.32 Å². The number of benzene rings is 1. The second kappa shape index (κ2) is 5.36. The van der Waals surface area contributed by atoms with Gasteiger partial charge in [-0.05, 0) is 18.4 Å². The summed E-state index contributed by atoms with van der Waals surface area (Å²) in [5.74, 6) is 0. The third-order valence-electron chi connectivity index (χ3n) is 3.29. The molecule has 0 radical (unpaired) electrons. The lowest BCUT2D eigenvalue weighted by molar-refractivity contribution is 0.207. The van der Waals surface area contributed by atoms with E-state index in [1.165, 1.54) is 17.1 Å². The highest BCUT2D eigenvalue weighted by molar-refractivity contribution is 7.10. The number of aromatic nitrogens is 2. The number of urea groups is 1. The topological polar surface area (TPSA) is 58.1 Å². The van der Waals surface area contributed by atoms with Crippen LogP contribution in [0.15, 0.2) is 36.5 Å². The summed E-state index contributed by atoms with van der Waals surface area (Å²) in [5, 5.41) is 7.24. The Morgan fingerprint density at radius 2 is 2.21 bits per heavy atom. The molecule has 6 heteroatoms. The number of likely N-dealkylation sites (tertiary alicyclic amines) is 1. The van der Waals surface area contributed by atoms with Crippen LogP contribution in [0.5, 0.6) is 0 Å². The largest absolute Gasteiger partial charge is 0.323 e. The van der Waals surface area contributed by atoms with E-state index < -0.39 is 0 Å². The molecule has 1 aromatic heterocycles. The number of carbonyl (C=O) groups is 1. The molecule has 2 heterocycles. The Bertz CT molecular complexity index is 543. The van der Waals surface area contributed by atoms with Gasteiger partial charge in [-0.1, -0.05) is 34.8 Å². The molecule has 0 saturated carbocycles. The van der Waals surface area contributed by atoms with Crippen LogP contribution in [0.4, 0.5) is 9.80 Å². The van der Waals surface area contributed by atoms with Crippen molar-refractivity contribution in [2.45, 2.75) is 18.9 Å². The van der Waals surface area contributed by atoms with Crippen LogP contribution in [0.3, 0.4) is 0 Å². The van der Waals surface area contributed by atoms with Gasteiger partial charge in [-0.3, -0.25) is 5.32 Å². The fourth-order valence-corrected chi connectivity index (χ4v) is 2.84. The predicted molar refractivity (Wildman–Crippen MR) is 74.1 cm³/mol. The zero-order valence-electron chi connectivity index (χ0n) is 10.3. The van der Waals surface area contributed by atoms with Gasteiger partial charge in [0.15, 0.2) is 0 Å². The highest BCUT2D eigenvalue weighted by Gasteiger charge is 2.29. The van der Waals surface area contributed by atoms with E-state index in [2.05, 4.69) is 27.0 Å². The quantitative estimate of drug-likeness (QED) is 0.916. The standard InChI is InChI=1S/C13H14N4OS/c18-13(15-12-9-14-16-19-12)17-8-4-7-11(17)10-5-2-1-3-6-10/h1-3,5-6,9,11H,4,7-8H2,(H,15,18)/t11-/m1/s1. The third kappa shape index (κ3) is 2.58. The van der Waals surface area contributed by atoms with Crippen LogP contribution in [0.1, 0.15) is 24.4 Å². The molecule has 1 atom stereocenters. The molecule has 0 bridgehead atoms. The number of nitrogens with zero attached hydrogens (tertiary/aromatic N) is 3. The minimum Gasteiger partial charge on any atom is -0.317 e. The monoisotopic (exact) mass is 274 g/mol. The Kier molecular flexibility index (Phi) is 3.41. The van der Waals surface area contributed by atoms with E-state index in [0.29, 0.717) is 5.00 Å². The van der Waals surface area contributed by atoms with Crippen LogP contribution in [-0.4, -0.2) is 27.1 Å². The van der Waals surface area contributed by atoms with Crippen LogP contribution in [0.2, 0.25) is 0 Å². The molecule has 19 heavy (non-hydrogen) atoms. The molecule has 1 aromatic carbocycles. The molecule has 0 unspecified atom stereocenters. The summed E-state index contributed by atoms with van der Waals surface area (Å²) in [7, 11) is 0. The highest BCUT2D eigenvalue weighted by atomic mass is 32.1. The van der Waals surface area contributed by atoms with Gasteiger partial charge >= 0.3 is 6.03 Å². The molecule has 1 fully saturated rings. The Morgan fingerprint density at radius 1 is 1.37 bits per heavy atom. The van der Waals surface area contributed by atoms with Crippen molar-refractivity contribution in [1.29, 1.82) is 0 Å². The minimum absolute atomic E-state index is 0.0718. The maximum atomic E-state index is 12.3. The van der Waals surface area contributed by atoms with E-state index in [0.717, 1.165) is 19.4 Å². The molecule has 1 aliphatic rings. The van der Waals surface area contributed by atoms with Gasteiger partial charge in [0.1, 0.15) is 5.00 Å². The van der Waals surface area contributed by atoms with Crippen molar-refractivity contribution in [1.82, 2.24) is 14.5 Å². The Morgan fingerprint density at radius 3 is 2.95 bits per heavy atom. The number of rotatable bonds is 2. The molecule has 5 nitrogen and oxygen atoms in total. The maximum Gasteiger partial charge on any atom is 0.323 e. The molecule has 0 aliphatic carbocycles. The van der Waals surface area contributed by atoms with E-state index in [1.807, 2.05) is 23.1 Å². The van der Waals surface area contributed by atoms with Crippen LogP contribution in [0, 0.1) is 0 Å². The number of carbonyl (C=O) groups excluding carboxylic acids is 1. The van der Waals surface area contributed by atoms with E-state index in [-0.39, 0.29) is 12.1 Å². The lowest BCUT2D eigenvalue weighted by Crippen LogP contribution is -2.34. The van der Waals surface area contributed by atoms with E-state index in [9.17, 15) is 4.79 Å². The Hall–Kier alpha value is -1.95. The average molecular weight is 274 g/mol. The Labute approximate surface area is 115 Å². The van der Waals surface area contributed by atoms with Gasteiger partial charge in [-0.25, -0.2) is 4.79 Å². The summed E-state index contributed by atoms with van der Waals surface area (Å²) in [6.45, 7) is 0.789. The zero-order chi connectivity index (χ0) is 13.1. The van der Waals surface area contributed by atoms with Crippen LogP contribution >= 0.6 is 11.5 Å². The molecule has 1 N–H and O–H groups in total. The number of anilines is 1. The fourth-order valence-electron chi connectivity index (χ4n) is 2.43. The zero-order valence-corrected chi connectivity index (χ0v) is 11.1. The molecule has 2 amide bonds. The molecule has 1 saturated heterocycles. The molecular formula is C13H14N4OS. The first-order valence-electron chi connectivity index (χ1n) is 6.24. The average Bonchev–Trinajstić information content (AvgIpc) is 3.10. The second-order valence-electron chi connectivity index (χ2n) is 4.47. The van der Waals surface area contributed by atoms with Crippen molar-refractivity contribution in [3.05, 3.63) is 42.1 Å². The number of nitrogens with one attached hydrogen (secondary N) is 1. The summed E-state index contributed by atoms with van der Waals surface area (Å²) in [6.07, 6.45) is 3.61. The first kappa shape index (κ1) is 12.1. The summed E-state index contributed by atoms with van der Waals surface area (Å²) < 4.78 is 3.74. The maximum absolute atomic E-state index is 12.3. The first-order valence-corrected chi connectivity index (χ1v) is 7.02. The van der Waals surface area contributed by atoms with Gasteiger partial charge in [-0.2, -0.15) is 0 Å². The summed E-state index contributed by atoms with van der Waals surface area (Å²) >= 11 is 1.19. The normalized spacial score (nSPS) is 18.5. The lowest BCUT2D eigenvalue weighted by Gasteiger charge is -2.24. The molecular weight excluding hydrogens is 260 g/mol. The molecule has 2 aromatic rings. The van der Waals surface area contributed by atoms with Gasteiger partial charge in [0, 0.05) is 18.1 Å². The summed E-state index contributed by atoms with van der Waals surface area (Å²) in [5.41, 5.74) is 1.19. The van der Waals surface area contributed by atoms with Gasteiger partial charge < -0.3 is 4.90 Å². The van der Waals surface area contributed by atoms with Crippen LogP contribution in [-0.2, 0) is 0 Å². The fraction of sp³-hybridized carbons (Fsp3) is 0.308. The second-order valence-corrected chi connectivity index (χ2v) is 5.26. The molecule has 3 rings (SSSR count). The highest BCUT2D eigenvalue weighted by Crippen LogP contribution is 2.32. The SMILES string of the molecule is O=C(Nc1cnns1)N1CCC[C@@H]1c1ccccc1. The first-order chi connectivity index (χ1) is 9.34. The van der Waals surface area contributed by atoms with E-state index >= 15 is 0 Å². The van der Waals surface area contributed by atoms with Gasteiger partial charge in [0.25, 0.3) is 0 Å². The molecule has 0 spiro atoms. The van der Waals surface area contributed by atoms with E-state index in [1.54, 1.807) is 6.20 Å². The van der Waals surface area contributed by atoms with E-state index in [4.69, 9.17) is 0 Å². The van der Waals surface area contributed by atoms with Crippen molar-refractivity contribution >= 4 is 22.6 Å². The third-order valence-corrected chi connectivity index (χ3v) is 3.87. The van der Waals surface area contributed by atoms with Crippen molar-refractivity contribution in [2.24, 2.45) is 0 Å². The van der Waals surface area contributed by atoms with Gasteiger partial charge in [0.2, 0.25) is 0 Å². The Balaban J connectivity index is 1.74. The van der Waals surface area contributed by atoms with Crippen LogP contribution in [0.25, 0.3) is 0 Å². The smallest absolute Gasteiger partial charge is 0.317 e. The molecule has 98 valence electrons. The minimum atomic E-state index is -0.0718. The van der Waals surface area contributed by atoms with Crippen molar-refractivity contribution in [3.63, 3.8) is 0 Å². The number of hydrogen-bond acceptors (Lipinski definition) is 4. The number of amides is 2. The van der Waals surface area contributed by atoms with Gasteiger partial charge in [-0.15, -0.1) is 5.10 Å². The van der Waals surface area contributed by atoms with Crippen molar-refractivity contribution < 1.29 is 4.79 Å².